The van der Waals surface area contributed by atoms with Crippen LogP contribution >= 0.6 is 0 Å². The number of carbonyl (C=O) groups excluding carboxylic acids is 1. The highest BCUT2D eigenvalue weighted by molar-refractivity contribution is 5.86. The number of hydrogen-bond donors (Lipinski definition) is 3. The third-order valence-electron chi connectivity index (χ3n) is 6.69. The van der Waals surface area contributed by atoms with Gasteiger partial charge in [0.1, 0.15) is 11.3 Å². The van der Waals surface area contributed by atoms with Gasteiger partial charge in [0.25, 0.3) is 0 Å². The Balaban J connectivity index is 1.21. The van der Waals surface area contributed by atoms with Crippen LogP contribution in [0.2, 0.25) is 0 Å². The van der Waals surface area contributed by atoms with Gasteiger partial charge in [-0.25, -0.2) is 14.8 Å². The minimum absolute atomic E-state index is 0.0645. The fraction of sp³-hybridized carbons (Fsp3) is 0.333. The number of aromatic amines is 1. The number of furan rings is 1. The predicted molar refractivity (Wildman–Crippen MR) is 123 cm³/mol. The zero-order valence-corrected chi connectivity index (χ0v) is 18.7. The van der Waals surface area contributed by atoms with Crippen molar-refractivity contribution >= 4 is 28.8 Å². The van der Waals surface area contributed by atoms with Crippen molar-refractivity contribution in [2.24, 2.45) is 0 Å². The number of anilines is 2. The first-order chi connectivity index (χ1) is 15.9. The Kier molecular flexibility index (Phi) is 4.23. The second kappa shape index (κ2) is 7.06. The number of aromatic nitrogens is 4. The first kappa shape index (κ1) is 19.8. The van der Waals surface area contributed by atoms with Gasteiger partial charge in [-0.05, 0) is 32.8 Å². The summed E-state index contributed by atoms with van der Waals surface area (Å²) in [5.41, 5.74) is 3.92. The maximum atomic E-state index is 13.2. The second-order valence-electron chi connectivity index (χ2n) is 9.26. The highest BCUT2D eigenvalue weighted by Gasteiger charge is 2.46. The molecule has 4 heterocycles. The summed E-state index contributed by atoms with van der Waals surface area (Å²) in [6, 6.07) is 12.2. The predicted octanol–water partition coefficient (Wildman–Crippen LogP) is 4.31. The molecule has 168 valence electrons. The Bertz CT molecular complexity index is 1360. The molecule has 3 aromatic heterocycles. The van der Waals surface area contributed by atoms with Gasteiger partial charge in [0.2, 0.25) is 0 Å². The molecule has 0 bridgehead atoms. The molecular formula is C24H25N7O2. The summed E-state index contributed by atoms with van der Waals surface area (Å²) in [5, 5.41) is 14.1. The van der Waals surface area contributed by atoms with Crippen LogP contribution in [0.3, 0.4) is 0 Å². The number of carbonyl (C=O) groups is 1. The maximum Gasteiger partial charge on any atom is 0.318 e. The van der Waals surface area contributed by atoms with Crippen molar-refractivity contribution in [3.63, 3.8) is 0 Å². The van der Waals surface area contributed by atoms with E-state index in [0.29, 0.717) is 35.5 Å². The highest BCUT2D eigenvalue weighted by Crippen LogP contribution is 2.44. The Morgan fingerprint density at radius 2 is 2.00 bits per heavy atom. The SMILES string of the molecule is Cc1nc(Nc2n[nH]c3c2CN(C(=O)N[C@@H]2C[C@H]2c2ccccc2)C3(C)C)c2occc2n1. The van der Waals surface area contributed by atoms with Crippen LogP contribution in [0.5, 0.6) is 0 Å². The molecule has 3 N–H and O–H groups in total. The Morgan fingerprint density at radius 1 is 1.18 bits per heavy atom. The van der Waals surface area contributed by atoms with Crippen molar-refractivity contribution < 1.29 is 9.21 Å². The van der Waals surface area contributed by atoms with E-state index in [0.717, 1.165) is 23.2 Å². The van der Waals surface area contributed by atoms with E-state index in [2.05, 4.69) is 42.9 Å². The van der Waals surface area contributed by atoms with E-state index in [4.69, 9.17) is 4.42 Å². The molecule has 0 spiro atoms. The normalized spacial score (nSPS) is 20.6. The van der Waals surface area contributed by atoms with E-state index in [9.17, 15) is 4.79 Å². The first-order valence-electron chi connectivity index (χ1n) is 11.1. The largest absolute Gasteiger partial charge is 0.459 e. The van der Waals surface area contributed by atoms with Crippen molar-refractivity contribution in [3.8, 4) is 0 Å². The Morgan fingerprint density at radius 3 is 2.82 bits per heavy atom. The van der Waals surface area contributed by atoms with Gasteiger partial charge in [-0.2, -0.15) is 5.10 Å². The Labute approximate surface area is 190 Å². The summed E-state index contributed by atoms with van der Waals surface area (Å²) in [6.45, 7) is 6.34. The summed E-state index contributed by atoms with van der Waals surface area (Å²) >= 11 is 0. The van der Waals surface area contributed by atoms with E-state index in [1.54, 1.807) is 12.3 Å². The number of fused-ring (bicyclic) bond motifs is 2. The zero-order valence-electron chi connectivity index (χ0n) is 18.7. The summed E-state index contributed by atoms with van der Waals surface area (Å²) in [6.07, 6.45) is 2.56. The number of hydrogen-bond acceptors (Lipinski definition) is 6. The Hall–Kier alpha value is -3.88. The van der Waals surface area contributed by atoms with Gasteiger partial charge in [0, 0.05) is 23.6 Å². The third kappa shape index (κ3) is 3.23. The molecule has 1 aliphatic heterocycles. The van der Waals surface area contributed by atoms with Crippen molar-refractivity contribution in [2.75, 3.05) is 5.32 Å². The molecular weight excluding hydrogens is 418 g/mol. The standard InChI is InChI=1S/C24H25N7O2/c1-13-25-17-9-10-33-19(17)22(26-13)28-21-16-12-31(24(2,3)20(16)29-30-21)23(32)27-18-11-15(18)14-7-5-4-6-8-14/h4-10,15,18H,11-12H2,1-3H3,(H,27,32)(H2,25,26,28,29,30)/t15-,18+/m0/s1. The average molecular weight is 444 g/mol. The molecule has 2 atom stereocenters. The molecule has 1 aromatic carbocycles. The molecule has 1 aliphatic carbocycles. The van der Waals surface area contributed by atoms with E-state index in [1.165, 1.54) is 5.56 Å². The third-order valence-corrected chi connectivity index (χ3v) is 6.69. The smallest absolute Gasteiger partial charge is 0.318 e. The molecule has 4 aromatic rings. The molecule has 0 saturated heterocycles. The molecule has 1 fully saturated rings. The van der Waals surface area contributed by atoms with Crippen LogP contribution < -0.4 is 10.6 Å². The number of nitrogens with one attached hydrogen (secondary N) is 3. The lowest BCUT2D eigenvalue weighted by molar-refractivity contribution is 0.142. The highest BCUT2D eigenvalue weighted by atomic mass is 16.3. The van der Waals surface area contributed by atoms with Gasteiger partial charge in [-0.3, -0.25) is 5.10 Å². The van der Waals surface area contributed by atoms with Crippen molar-refractivity contribution in [3.05, 3.63) is 65.3 Å². The summed E-state index contributed by atoms with van der Waals surface area (Å²) in [5.74, 6) is 2.21. The summed E-state index contributed by atoms with van der Waals surface area (Å²) in [7, 11) is 0. The lowest BCUT2D eigenvalue weighted by Crippen LogP contribution is -2.47. The van der Waals surface area contributed by atoms with E-state index >= 15 is 0 Å². The van der Waals surface area contributed by atoms with Gasteiger partial charge in [0.15, 0.2) is 17.2 Å². The number of urea groups is 1. The van der Waals surface area contributed by atoms with Crippen LogP contribution in [0.1, 0.15) is 48.8 Å². The topological polar surface area (TPSA) is 112 Å². The van der Waals surface area contributed by atoms with Crippen LogP contribution in [0, 0.1) is 6.92 Å². The lowest BCUT2D eigenvalue weighted by Gasteiger charge is -2.32. The maximum absolute atomic E-state index is 13.2. The van der Waals surface area contributed by atoms with Crippen LogP contribution in [-0.2, 0) is 12.1 Å². The second-order valence-corrected chi connectivity index (χ2v) is 9.26. The summed E-state index contributed by atoms with van der Waals surface area (Å²) in [4.78, 5) is 24.0. The molecule has 9 nitrogen and oxygen atoms in total. The summed E-state index contributed by atoms with van der Waals surface area (Å²) < 4.78 is 5.57. The van der Waals surface area contributed by atoms with Gasteiger partial charge in [-0.1, -0.05) is 30.3 Å². The quantitative estimate of drug-likeness (QED) is 0.433. The average Bonchev–Trinajstić information content (AvgIpc) is 3.09. The number of benzene rings is 1. The van der Waals surface area contributed by atoms with Gasteiger partial charge in [-0.15, -0.1) is 0 Å². The van der Waals surface area contributed by atoms with Crippen LogP contribution in [-0.4, -0.2) is 37.1 Å². The monoisotopic (exact) mass is 443 g/mol. The minimum Gasteiger partial charge on any atom is -0.459 e. The lowest BCUT2D eigenvalue weighted by atomic mass is 10.0. The fourth-order valence-corrected chi connectivity index (χ4v) is 4.78. The fourth-order valence-electron chi connectivity index (χ4n) is 4.78. The van der Waals surface area contributed by atoms with Crippen molar-refractivity contribution in [1.29, 1.82) is 0 Å². The van der Waals surface area contributed by atoms with Gasteiger partial charge in [0.05, 0.1) is 24.0 Å². The van der Waals surface area contributed by atoms with E-state index in [1.807, 2.05) is 43.9 Å². The van der Waals surface area contributed by atoms with E-state index in [-0.39, 0.29) is 12.1 Å². The van der Waals surface area contributed by atoms with Gasteiger partial charge < -0.3 is 20.0 Å². The number of rotatable bonds is 4. The zero-order chi connectivity index (χ0) is 22.7. The van der Waals surface area contributed by atoms with Gasteiger partial charge >= 0.3 is 6.03 Å². The number of nitrogens with zero attached hydrogens (tertiary/aromatic N) is 4. The molecule has 1 saturated carbocycles. The van der Waals surface area contributed by atoms with Crippen LogP contribution in [0.15, 0.2) is 47.1 Å². The molecule has 2 aliphatic rings. The molecule has 0 unspecified atom stereocenters. The molecule has 6 rings (SSSR count). The van der Waals surface area contributed by atoms with Crippen LogP contribution in [0.4, 0.5) is 16.4 Å². The number of amides is 2. The molecule has 9 heteroatoms. The molecule has 2 amide bonds. The van der Waals surface area contributed by atoms with Crippen molar-refractivity contribution in [2.45, 2.75) is 51.2 Å². The molecule has 0 radical (unpaired) electrons. The first-order valence-corrected chi connectivity index (χ1v) is 11.1. The van der Waals surface area contributed by atoms with E-state index < -0.39 is 5.54 Å². The number of aryl methyl sites for hydroxylation is 1. The van der Waals surface area contributed by atoms with Crippen LogP contribution in [0.25, 0.3) is 11.1 Å². The molecule has 33 heavy (non-hydrogen) atoms. The number of H-pyrrole nitrogens is 1. The van der Waals surface area contributed by atoms with Crippen molar-refractivity contribution in [1.82, 2.24) is 30.4 Å². The minimum atomic E-state index is -0.523.